The third-order valence-electron chi connectivity index (χ3n) is 2.19. The van der Waals surface area contributed by atoms with Gasteiger partial charge in [-0.3, -0.25) is 0 Å². The molecule has 5 nitrogen and oxygen atoms in total. The van der Waals surface area contributed by atoms with Crippen molar-refractivity contribution in [2.75, 3.05) is 19.4 Å². The Morgan fingerprint density at radius 3 is 2.65 bits per heavy atom. The van der Waals surface area contributed by atoms with Gasteiger partial charge in [0.1, 0.15) is 11.9 Å². The van der Waals surface area contributed by atoms with E-state index in [0.29, 0.717) is 5.76 Å². The predicted molar refractivity (Wildman–Crippen MR) is 65.1 cm³/mol. The second kappa shape index (κ2) is 6.18. The van der Waals surface area contributed by atoms with E-state index in [1.54, 1.807) is 12.1 Å². The van der Waals surface area contributed by atoms with E-state index in [4.69, 9.17) is 9.15 Å². The highest BCUT2D eigenvalue weighted by atomic mass is 32.2. The lowest BCUT2D eigenvalue weighted by molar-refractivity contribution is 0.0878. The molecule has 0 aliphatic rings. The van der Waals surface area contributed by atoms with Crippen molar-refractivity contribution in [3.8, 4) is 0 Å². The zero-order valence-corrected chi connectivity index (χ0v) is 11.2. The van der Waals surface area contributed by atoms with Crippen molar-refractivity contribution >= 4 is 10.0 Å². The molecular formula is C11H19NO4S. The Morgan fingerprint density at radius 1 is 1.47 bits per heavy atom. The first-order valence-electron chi connectivity index (χ1n) is 5.48. The summed E-state index contributed by atoms with van der Waals surface area (Å²) in [4.78, 5) is 0. The standard InChI is InChI=1S/C11H19NO4S/c1-9(2)8-17(13,14)12-7-11(15-3)10-5-4-6-16-10/h4-6,9,11-12H,7-8H2,1-3H3. The Labute approximate surface area is 102 Å². The molecule has 1 aromatic heterocycles. The summed E-state index contributed by atoms with van der Waals surface area (Å²) in [6.07, 6.45) is 1.14. The Bertz CT molecular complexity index is 411. The van der Waals surface area contributed by atoms with Crippen molar-refractivity contribution in [1.29, 1.82) is 0 Å². The molecule has 0 aromatic carbocycles. The topological polar surface area (TPSA) is 68.5 Å². The van der Waals surface area contributed by atoms with Gasteiger partial charge < -0.3 is 9.15 Å². The van der Waals surface area contributed by atoms with Crippen LogP contribution in [0.1, 0.15) is 25.7 Å². The molecule has 98 valence electrons. The van der Waals surface area contributed by atoms with Crippen molar-refractivity contribution in [3.63, 3.8) is 0 Å². The lowest BCUT2D eigenvalue weighted by Crippen LogP contribution is -2.32. The predicted octanol–water partition coefficient (Wildman–Crippen LogP) is 1.54. The molecular weight excluding hydrogens is 242 g/mol. The maximum Gasteiger partial charge on any atom is 0.211 e. The second-order valence-electron chi connectivity index (χ2n) is 4.26. The molecule has 1 rings (SSSR count). The van der Waals surface area contributed by atoms with Gasteiger partial charge in [0.25, 0.3) is 0 Å². The highest BCUT2D eigenvalue weighted by molar-refractivity contribution is 7.89. The van der Waals surface area contributed by atoms with Gasteiger partial charge in [0.15, 0.2) is 0 Å². The molecule has 0 aliphatic carbocycles. The summed E-state index contributed by atoms with van der Waals surface area (Å²) in [5.41, 5.74) is 0. The molecule has 0 bridgehead atoms. The summed E-state index contributed by atoms with van der Waals surface area (Å²) < 4.78 is 36.1. The summed E-state index contributed by atoms with van der Waals surface area (Å²) in [5.74, 6) is 0.818. The van der Waals surface area contributed by atoms with Crippen molar-refractivity contribution in [1.82, 2.24) is 4.72 Å². The average Bonchev–Trinajstić information content (AvgIpc) is 2.69. The largest absolute Gasteiger partial charge is 0.467 e. The van der Waals surface area contributed by atoms with Gasteiger partial charge in [0, 0.05) is 13.7 Å². The lowest BCUT2D eigenvalue weighted by Gasteiger charge is -2.14. The number of hydrogen-bond acceptors (Lipinski definition) is 4. The average molecular weight is 261 g/mol. The molecule has 0 radical (unpaired) electrons. The van der Waals surface area contributed by atoms with E-state index in [0.717, 1.165) is 0 Å². The maximum absolute atomic E-state index is 11.6. The maximum atomic E-state index is 11.6. The van der Waals surface area contributed by atoms with Gasteiger partial charge in [0.2, 0.25) is 10.0 Å². The molecule has 1 aromatic rings. The second-order valence-corrected chi connectivity index (χ2v) is 6.11. The number of methoxy groups -OCH3 is 1. The van der Waals surface area contributed by atoms with Crippen molar-refractivity contribution in [2.45, 2.75) is 20.0 Å². The highest BCUT2D eigenvalue weighted by Gasteiger charge is 2.18. The van der Waals surface area contributed by atoms with Gasteiger partial charge in [-0.25, -0.2) is 13.1 Å². The lowest BCUT2D eigenvalue weighted by atomic mass is 10.3. The Balaban J connectivity index is 2.54. The van der Waals surface area contributed by atoms with E-state index in [1.165, 1.54) is 13.4 Å². The molecule has 1 unspecified atom stereocenters. The summed E-state index contributed by atoms with van der Waals surface area (Å²) in [6.45, 7) is 3.90. The van der Waals surface area contributed by atoms with Crippen LogP contribution in [-0.2, 0) is 14.8 Å². The van der Waals surface area contributed by atoms with E-state index in [-0.39, 0.29) is 18.2 Å². The Kier molecular flexibility index (Phi) is 5.17. The van der Waals surface area contributed by atoms with Crippen molar-refractivity contribution < 1.29 is 17.6 Å². The van der Waals surface area contributed by atoms with Gasteiger partial charge in [-0.2, -0.15) is 0 Å². The molecule has 0 aliphatic heterocycles. The van der Waals surface area contributed by atoms with Crippen LogP contribution in [0.5, 0.6) is 0 Å². The van der Waals surface area contributed by atoms with Gasteiger partial charge >= 0.3 is 0 Å². The number of furan rings is 1. The van der Waals surface area contributed by atoms with E-state index in [1.807, 2.05) is 13.8 Å². The minimum absolute atomic E-state index is 0.0945. The van der Waals surface area contributed by atoms with Gasteiger partial charge in [0.05, 0.1) is 12.0 Å². The molecule has 0 amide bonds. The summed E-state index contributed by atoms with van der Waals surface area (Å²) in [6, 6.07) is 3.49. The fourth-order valence-electron chi connectivity index (χ4n) is 1.47. The molecule has 0 saturated heterocycles. The van der Waals surface area contributed by atoms with E-state index in [9.17, 15) is 8.42 Å². The third-order valence-corrected chi connectivity index (χ3v) is 3.90. The minimum Gasteiger partial charge on any atom is -0.467 e. The summed E-state index contributed by atoms with van der Waals surface area (Å²) in [5, 5.41) is 0. The number of rotatable bonds is 7. The van der Waals surface area contributed by atoms with Crippen molar-refractivity contribution in [2.24, 2.45) is 5.92 Å². The molecule has 1 N–H and O–H groups in total. The normalized spacial score (nSPS) is 14.1. The third kappa shape index (κ3) is 4.89. The Hall–Kier alpha value is -0.850. The fourth-order valence-corrected chi connectivity index (χ4v) is 2.88. The highest BCUT2D eigenvalue weighted by Crippen LogP contribution is 2.16. The van der Waals surface area contributed by atoms with Gasteiger partial charge in [-0.1, -0.05) is 13.8 Å². The molecule has 1 atom stereocenters. The molecule has 0 saturated carbocycles. The molecule has 17 heavy (non-hydrogen) atoms. The zero-order valence-electron chi connectivity index (χ0n) is 10.3. The van der Waals surface area contributed by atoms with Gasteiger partial charge in [-0.05, 0) is 18.1 Å². The van der Waals surface area contributed by atoms with Crippen LogP contribution in [0, 0.1) is 5.92 Å². The number of nitrogens with one attached hydrogen (secondary N) is 1. The smallest absolute Gasteiger partial charge is 0.211 e. The monoisotopic (exact) mass is 261 g/mol. The number of hydrogen-bond donors (Lipinski definition) is 1. The fraction of sp³-hybridized carbons (Fsp3) is 0.636. The van der Waals surface area contributed by atoms with E-state index < -0.39 is 16.1 Å². The van der Waals surface area contributed by atoms with Crippen LogP contribution in [0.25, 0.3) is 0 Å². The Morgan fingerprint density at radius 2 is 2.18 bits per heavy atom. The van der Waals surface area contributed by atoms with E-state index >= 15 is 0 Å². The minimum atomic E-state index is -3.25. The first kappa shape index (κ1) is 14.2. The van der Waals surface area contributed by atoms with Crippen LogP contribution in [0.15, 0.2) is 22.8 Å². The van der Waals surface area contributed by atoms with Crippen LogP contribution >= 0.6 is 0 Å². The quantitative estimate of drug-likeness (QED) is 0.808. The van der Waals surface area contributed by atoms with E-state index in [2.05, 4.69) is 4.72 Å². The summed E-state index contributed by atoms with van der Waals surface area (Å²) >= 11 is 0. The first-order valence-corrected chi connectivity index (χ1v) is 7.13. The van der Waals surface area contributed by atoms with Crippen LogP contribution < -0.4 is 4.72 Å². The molecule has 1 heterocycles. The SMILES string of the molecule is COC(CNS(=O)(=O)CC(C)C)c1ccco1. The summed E-state index contributed by atoms with van der Waals surface area (Å²) in [7, 11) is -1.73. The molecule has 0 spiro atoms. The molecule has 6 heteroatoms. The van der Waals surface area contributed by atoms with Crippen LogP contribution in [-0.4, -0.2) is 27.8 Å². The van der Waals surface area contributed by atoms with Crippen LogP contribution in [0.2, 0.25) is 0 Å². The number of ether oxygens (including phenoxy) is 1. The zero-order chi connectivity index (χ0) is 12.9. The van der Waals surface area contributed by atoms with Gasteiger partial charge in [-0.15, -0.1) is 0 Å². The van der Waals surface area contributed by atoms with Crippen LogP contribution in [0.4, 0.5) is 0 Å². The molecule has 0 fully saturated rings. The first-order chi connectivity index (χ1) is 7.94. The van der Waals surface area contributed by atoms with Crippen molar-refractivity contribution in [3.05, 3.63) is 24.2 Å². The van der Waals surface area contributed by atoms with Crippen LogP contribution in [0.3, 0.4) is 0 Å². The number of sulfonamides is 1.